The number of fused-ring (bicyclic) bond motifs is 1. The minimum absolute atomic E-state index is 0.0783. The second-order valence-corrected chi connectivity index (χ2v) is 8.58. The lowest BCUT2D eigenvalue weighted by Gasteiger charge is -2.29. The smallest absolute Gasteiger partial charge is 0.291 e. The predicted molar refractivity (Wildman–Crippen MR) is 118 cm³/mol. The van der Waals surface area contributed by atoms with E-state index in [4.69, 9.17) is 38.7 Å². The van der Waals surface area contributed by atoms with Crippen LogP contribution in [0.2, 0.25) is 5.02 Å². The molecule has 1 aromatic heterocycles. The highest BCUT2D eigenvalue weighted by Gasteiger charge is 2.36. The molecule has 7 nitrogen and oxygen atoms in total. The number of carbonyl (C=O) groups is 1. The van der Waals surface area contributed by atoms with Crippen molar-refractivity contribution in [2.45, 2.75) is 33.6 Å². The van der Waals surface area contributed by atoms with E-state index in [1.807, 2.05) is 6.92 Å². The summed E-state index contributed by atoms with van der Waals surface area (Å²) in [6.45, 7) is 6.06. The fourth-order valence-corrected chi connectivity index (χ4v) is 3.72. The molecule has 0 spiro atoms. The van der Waals surface area contributed by atoms with Crippen molar-refractivity contribution in [2.24, 2.45) is 16.3 Å². The maximum absolute atomic E-state index is 13.0. The van der Waals surface area contributed by atoms with Crippen LogP contribution in [0.25, 0.3) is 0 Å². The molecule has 29 heavy (non-hydrogen) atoms. The number of furan rings is 1. The molecule has 1 amide bonds. The van der Waals surface area contributed by atoms with E-state index in [2.05, 4.69) is 29.7 Å². The van der Waals surface area contributed by atoms with Gasteiger partial charge in [-0.25, -0.2) is 0 Å². The molecule has 1 aliphatic rings. The SMILES string of the molecule is COc1ccc(Cl)cc1NC(=O)c1oc2c(c1C)/C(=N\NC(N)=S)CC(C)(C)C2. The Hall–Kier alpha value is -2.58. The molecule has 0 saturated heterocycles. The first-order chi connectivity index (χ1) is 13.6. The standard InChI is InChI=1S/C20H23ClN4O3S/c1-10-16-13(24-25-19(22)29)8-20(2,3)9-15(16)28-17(10)18(26)23-12-7-11(21)5-6-14(12)27-4/h5-7H,8-9H2,1-4H3,(H,23,26)(H3,22,25,29)/b24-13-. The zero-order valence-corrected chi connectivity index (χ0v) is 18.3. The third-order valence-corrected chi connectivity index (χ3v) is 5.04. The number of anilines is 1. The molecule has 4 N–H and O–H groups in total. The fraction of sp³-hybridized carbons (Fsp3) is 0.350. The summed E-state index contributed by atoms with van der Waals surface area (Å²) in [5.41, 5.74) is 10.8. The van der Waals surface area contributed by atoms with Gasteiger partial charge in [0.25, 0.3) is 5.91 Å². The van der Waals surface area contributed by atoms with Gasteiger partial charge in [0.15, 0.2) is 10.9 Å². The van der Waals surface area contributed by atoms with Crippen LogP contribution in [0.1, 0.15) is 47.7 Å². The topological polar surface area (TPSA) is 102 Å². The van der Waals surface area contributed by atoms with Gasteiger partial charge in [0.2, 0.25) is 0 Å². The summed E-state index contributed by atoms with van der Waals surface area (Å²) < 4.78 is 11.3. The second kappa shape index (κ2) is 8.04. The van der Waals surface area contributed by atoms with Gasteiger partial charge in [-0.3, -0.25) is 10.2 Å². The minimum atomic E-state index is -0.392. The van der Waals surface area contributed by atoms with E-state index in [1.165, 1.54) is 7.11 Å². The number of methoxy groups -OCH3 is 1. The first kappa shape index (κ1) is 21.1. The number of hydrazone groups is 1. The molecular weight excluding hydrogens is 412 g/mol. The van der Waals surface area contributed by atoms with Crippen LogP contribution < -0.4 is 21.2 Å². The van der Waals surface area contributed by atoms with Gasteiger partial charge in [0.05, 0.1) is 18.5 Å². The Balaban J connectivity index is 1.99. The highest BCUT2D eigenvalue weighted by Crippen LogP contribution is 2.39. The Bertz CT molecular complexity index is 1010. The number of nitrogens with one attached hydrogen (secondary N) is 2. The molecule has 0 radical (unpaired) electrons. The Kier molecular flexibility index (Phi) is 5.86. The predicted octanol–water partition coefficient (Wildman–Crippen LogP) is 4.01. The van der Waals surface area contributed by atoms with E-state index < -0.39 is 5.91 Å². The minimum Gasteiger partial charge on any atom is -0.495 e. The third-order valence-electron chi connectivity index (χ3n) is 4.71. The third kappa shape index (κ3) is 4.54. The van der Waals surface area contributed by atoms with E-state index in [0.29, 0.717) is 40.6 Å². The molecule has 0 aliphatic heterocycles. The average Bonchev–Trinajstić information content (AvgIpc) is 2.95. The van der Waals surface area contributed by atoms with Gasteiger partial charge in [-0.15, -0.1) is 0 Å². The van der Waals surface area contributed by atoms with Crippen molar-refractivity contribution in [2.75, 3.05) is 12.4 Å². The van der Waals surface area contributed by atoms with Crippen molar-refractivity contribution < 1.29 is 13.9 Å². The van der Waals surface area contributed by atoms with E-state index in [1.54, 1.807) is 18.2 Å². The molecule has 1 aromatic carbocycles. The number of thiocarbonyl (C=S) groups is 1. The molecule has 154 valence electrons. The van der Waals surface area contributed by atoms with Crippen LogP contribution in [0.15, 0.2) is 27.7 Å². The normalized spacial score (nSPS) is 16.2. The Labute approximate surface area is 179 Å². The number of carbonyl (C=O) groups excluding carboxylic acids is 1. The molecule has 0 fully saturated rings. The Morgan fingerprint density at radius 3 is 2.76 bits per heavy atom. The van der Waals surface area contributed by atoms with Crippen LogP contribution in [0.3, 0.4) is 0 Å². The molecule has 1 aliphatic carbocycles. The van der Waals surface area contributed by atoms with Crippen molar-refractivity contribution in [3.63, 3.8) is 0 Å². The zero-order chi connectivity index (χ0) is 21.3. The quantitative estimate of drug-likeness (QED) is 0.496. The van der Waals surface area contributed by atoms with Gasteiger partial charge in [-0.05, 0) is 49.2 Å². The number of ether oxygens (including phenoxy) is 1. The monoisotopic (exact) mass is 434 g/mol. The second-order valence-electron chi connectivity index (χ2n) is 7.71. The first-order valence-corrected chi connectivity index (χ1v) is 9.79. The highest BCUT2D eigenvalue weighted by atomic mass is 35.5. The molecule has 3 rings (SSSR count). The van der Waals surface area contributed by atoms with Crippen LogP contribution in [-0.4, -0.2) is 23.8 Å². The molecule has 0 unspecified atom stereocenters. The summed E-state index contributed by atoms with van der Waals surface area (Å²) in [7, 11) is 1.52. The first-order valence-electron chi connectivity index (χ1n) is 9.01. The van der Waals surface area contributed by atoms with E-state index in [0.717, 1.165) is 11.3 Å². The van der Waals surface area contributed by atoms with Crippen LogP contribution in [-0.2, 0) is 6.42 Å². The summed E-state index contributed by atoms with van der Waals surface area (Å²) >= 11 is 10.9. The van der Waals surface area contributed by atoms with Crippen molar-refractivity contribution in [3.8, 4) is 5.75 Å². The summed E-state index contributed by atoms with van der Waals surface area (Å²) in [6.07, 6.45) is 1.38. The van der Waals surface area contributed by atoms with Crippen molar-refractivity contribution in [1.82, 2.24) is 5.43 Å². The van der Waals surface area contributed by atoms with Gasteiger partial charge in [-0.2, -0.15) is 5.10 Å². The number of amides is 1. The number of hydrogen-bond donors (Lipinski definition) is 3. The van der Waals surface area contributed by atoms with Gasteiger partial charge in [0, 0.05) is 22.6 Å². The lowest BCUT2D eigenvalue weighted by Crippen LogP contribution is -2.31. The molecule has 0 bridgehead atoms. The van der Waals surface area contributed by atoms with E-state index >= 15 is 0 Å². The lowest BCUT2D eigenvalue weighted by atomic mass is 9.75. The van der Waals surface area contributed by atoms with Gasteiger partial charge >= 0.3 is 0 Å². The van der Waals surface area contributed by atoms with E-state index in [-0.39, 0.29) is 16.3 Å². The van der Waals surface area contributed by atoms with Crippen molar-refractivity contribution in [3.05, 3.63) is 45.9 Å². The van der Waals surface area contributed by atoms with Gasteiger partial charge < -0.3 is 20.2 Å². The number of benzene rings is 1. The molecule has 0 saturated carbocycles. The number of hydrogen-bond acceptors (Lipinski definition) is 5. The van der Waals surface area contributed by atoms with Crippen LogP contribution >= 0.6 is 23.8 Å². The molecule has 9 heteroatoms. The van der Waals surface area contributed by atoms with E-state index in [9.17, 15) is 4.79 Å². The zero-order valence-electron chi connectivity index (χ0n) is 16.7. The largest absolute Gasteiger partial charge is 0.495 e. The van der Waals surface area contributed by atoms with Crippen LogP contribution in [0.5, 0.6) is 5.75 Å². The summed E-state index contributed by atoms with van der Waals surface area (Å²) in [4.78, 5) is 13.0. The number of halogens is 1. The highest BCUT2D eigenvalue weighted by molar-refractivity contribution is 7.80. The maximum atomic E-state index is 13.0. The summed E-state index contributed by atoms with van der Waals surface area (Å²) in [5.74, 6) is 1.04. The Morgan fingerprint density at radius 1 is 1.38 bits per heavy atom. The summed E-state index contributed by atoms with van der Waals surface area (Å²) in [6, 6.07) is 5.00. The maximum Gasteiger partial charge on any atom is 0.291 e. The lowest BCUT2D eigenvalue weighted by molar-refractivity contribution is 0.0992. The molecule has 2 aromatic rings. The van der Waals surface area contributed by atoms with Crippen molar-refractivity contribution >= 4 is 46.2 Å². The molecular formula is C20H23ClN4O3S. The molecule has 1 heterocycles. The molecule has 0 atom stereocenters. The average molecular weight is 435 g/mol. The van der Waals surface area contributed by atoms with Crippen LogP contribution in [0, 0.1) is 12.3 Å². The number of nitrogens with zero attached hydrogens (tertiary/aromatic N) is 1. The fourth-order valence-electron chi connectivity index (χ4n) is 3.51. The number of nitrogens with two attached hydrogens (primary N) is 1. The van der Waals surface area contributed by atoms with Crippen LogP contribution in [0.4, 0.5) is 5.69 Å². The number of rotatable bonds is 4. The van der Waals surface area contributed by atoms with Gasteiger partial charge in [-0.1, -0.05) is 25.4 Å². The summed E-state index contributed by atoms with van der Waals surface area (Å²) in [5, 5.41) is 7.72. The van der Waals surface area contributed by atoms with Crippen molar-refractivity contribution in [1.29, 1.82) is 0 Å². The van der Waals surface area contributed by atoms with Gasteiger partial charge in [0.1, 0.15) is 11.5 Å². The Morgan fingerprint density at radius 2 is 2.10 bits per heavy atom.